The van der Waals surface area contributed by atoms with E-state index < -0.39 is 0 Å². The van der Waals surface area contributed by atoms with Crippen LogP contribution in [0.1, 0.15) is 18.1 Å². The summed E-state index contributed by atoms with van der Waals surface area (Å²) in [4.78, 5) is 15.2. The average Bonchev–Trinajstić information content (AvgIpc) is 3.00. The Hall–Kier alpha value is -2.51. The lowest BCUT2D eigenvalue weighted by atomic mass is 10.1. The van der Waals surface area contributed by atoms with E-state index in [4.69, 9.17) is 26.4 Å². The zero-order valence-electron chi connectivity index (χ0n) is 16.1. The molecule has 0 atom stereocenters. The number of benzene rings is 2. The molecule has 1 saturated heterocycles. The summed E-state index contributed by atoms with van der Waals surface area (Å²) >= 11 is 6.78. The molecule has 0 saturated carbocycles. The molecule has 2 aromatic rings. The van der Waals surface area contributed by atoms with Crippen molar-refractivity contribution in [3.05, 3.63) is 52.4 Å². The predicted molar refractivity (Wildman–Crippen MR) is 118 cm³/mol. The summed E-state index contributed by atoms with van der Waals surface area (Å²) < 4.78 is 16.8. The minimum absolute atomic E-state index is 0.146. The topological polar surface area (TPSA) is 48.0 Å². The molecule has 1 aliphatic rings. The Morgan fingerprint density at radius 1 is 1.04 bits per heavy atom. The summed E-state index contributed by atoms with van der Waals surface area (Å²) in [5, 5.41) is 0. The minimum atomic E-state index is -0.146. The molecule has 1 aliphatic heterocycles. The number of amides is 1. The number of carbonyl (C=O) groups excluding carboxylic acids is 1. The Morgan fingerprint density at radius 2 is 1.75 bits per heavy atom. The Morgan fingerprint density at radius 3 is 2.39 bits per heavy atom. The smallest absolute Gasteiger partial charge is 0.270 e. The van der Waals surface area contributed by atoms with Crippen molar-refractivity contribution in [3.8, 4) is 17.2 Å². The van der Waals surface area contributed by atoms with E-state index in [1.54, 1.807) is 38.4 Å². The second kappa shape index (κ2) is 8.67. The first-order chi connectivity index (χ1) is 13.5. The predicted octanol–water partition coefficient (Wildman–Crippen LogP) is 4.68. The highest BCUT2D eigenvalue weighted by Crippen LogP contribution is 2.43. The Balaban J connectivity index is 2.03. The van der Waals surface area contributed by atoms with Gasteiger partial charge in [0.05, 0.1) is 31.9 Å². The summed E-state index contributed by atoms with van der Waals surface area (Å²) in [6.07, 6.45) is 2.59. The van der Waals surface area contributed by atoms with Gasteiger partial charge in [-0.2, -0.15) is 0 Å². The molecule has 0 aromatic heterocycles. The molecule has 3 rings (SSSR count). The Labute approximate surface area is 174 Å². The zero-order valence-corrected chi connectivity index (χ0v) is 17.8. The van der Waals surface area contributed by atoms with Crippen molar-refractivity contribution in [1.82, 2.24) is 0 Å². The summed E-state index contributed by atoms with van der Waals surface area (Å²) in [7, 11) is 4.66. The normalized spacial score (nSPS) is 15.3. The third-order valence-electron chi connectivity index (χ3n) is 4.43. The fourth-order valence-corrected chi connectivity index (χ4v) is 4.36. The molecule has 1 amide bonds. The van der Waals surface area contributed by atoms with Gasteiger partial charge in [0, 0.05) is 5.56 Å². The van der Waals surface area contributed by atoms with E-state index in [1.165, 1.54) is 11.8 Å². The summed E-state index contributed by atoms with van der Waals surface area (Å²) in [5.41, 5.74) is 2.61. The molecule has 1 fully saturated rings. The minimum Gasteiger partial charge on any atom is -0.493 e. The number of methoxy groups -OCH3 is 3. The standard InChI is InChI=1S/C21H21NO4S2/c1-5-13-8-6-7-9-15(13)22-20(23)17(28-21(22)27)12-14-10-11-16(24-2)19(26-4)18(14)25-3/h6-12H,5H2,1-4H3/b17-12-. The highest BCUT2D eigenvalue weighted by Gasteiger charge is 2.34. The number of carbonyl (C=O) groups is 1. The van der Waals surface area contributed by atoms with E-state index in [-0.39, 0.29) is 5.91 Å². The fraction of sp³-hybridized carbons (Fsp3) is 0.238. The Kier molecular flexibility index (Phi) is 6.26. The van der Waals surface area contributed by atoms with Crippen LogP contribution >= 0.6 is 24.0 Å². The quantitative estimate of drug-likeness (QED) is 0.504. The van der Waals surface area contributed by atoms with Crippen LogP contribution in [0.25, 0.3) is 6.08 Å². The van der Waals surface area contributed by atoms with Crippen molar-refractivity contribution < 1.29 is 19.0 Å². The molecule has 146 valence electrons. The third-order valence-corrected chi connectivity index (χ3v) is 5.73. The SMILES string of the molecule is CCc1ccccc1N1C(=O)/C(=C/c2ccc(OC)c(OC)c2OC)SC1=S. The fourth-order valence-electron chi connectivity index (χ4n) is 3.08. The molecule has 0 spiro atoms. The van der Waals surface area contributed by atoms with E-state index in [0.717, 1.165) is 17.7 Å². The van der Waals surface area contributed by atoms with Crippen LogP contribution in [0, 0.1) is 0 Å². The lowest BCUT2D eigenvalue weighted by Gasteiger charge is -2.18. The summed E-state index contributed by atoms with van der Waals surface area (Å²) in [6.45, 7) is 2.06. The number of ether oxygens (including phenoxy) is 3. The van der Waals surface area contributed by atoms with Crippen molar-refractivity contribution in [3.63, 3.8) is 0 Å². The Bertz CT molecular complexity index is 955. The summed E-state index contributed by atoms with van der Waals surface area (Å²) in [5.74, 6) is 1.39. The van der Waals surface area contributed by atoms with Gasteiger partial charge in [0.1, 0.15) is 0 Å². The van der Waals surface area contributed by atoms with Crippen LogP contribution in [0.5, 0.6) is 17.2 Å². The first-order valence-electron chi connectivity index (χ1n) is 8.70. The molecule has 5 nitrogen and oxygen atoms in total. The number of nitrogens with zero attached hydrogens (tertiary/aromatic N) is 1. The van der Waals surface area contributed by atoms with E-state index >= 15 is 0 Å². The molecule has 2 aromatic carbocycles. The van der Waals surface area contributed by atoms with E-state index in [0.29, 0.717) is 32.0 Å². The number of para-hydroxylation sites is 1. The molecule has 0 bridgehead atoms. The highest BCUT2D eigenvalue weighted by molar-refractivity contribution is 8.27. The molecule has 7 heteroatoms. The van der Waals surface area contributed by atoms with Crippen LogP contribution in [0.2, 0.25) is 0 Å². The second-order valence-electron chi connectivity index (χ2n) is 5.92. The van der Waals surface area contributed by atoms with Crippen molar-refractivity contribution in [2.24, 2.45) is 0 Å². The molecular formula is C21H21NO4S2. The van der Waals surface area contributed by atoms with Crippen LogP contribution < -0.4 is 19.1 Å². The first kappa shape index (κ1) is 20.2. The number of aryl methyl sites for hydroxylation is 1. The van der Waals surface area contributed by atoms with Gasteiger partial charge in [-0.3, -0.25) is 9.69 Å². The van der Waals surface area contributed by atoms with Gasteiger partial charge >= 0.3 is 0 Å². The molecule has 0 aliphatic carbocycles. The van der Waals surface area contributed by atoms with E-state index in [1.807, 2.05) is 30.3 Å². The van der Waals surface area contributed by atoms with Crippen LogP contribution in [-0.4, -0.2) is 31.6 Å². The number of hydrogen-bond acceptors (Lipinski definition) is 6. The van der Waals surface area contributed by atoms with Gasteiger partial charge in [-0.1, -0.05) is 49.1 Å². The molecule has 0 N–H and O–H groups in total. The molecule has 0 unspecified atom stereocenters. The van der Waals surface area contributed by atoms with Crippen LogP contribution in [0.15, 0.2) is 41.3 Å². The van der Waals surface area contributed by atoms with Crippen LogP contribution in [0.4, 0.5) is 5.69 Å². The number of anilines is 1. The molecule has 0 radical (unpaired) electrons. The molecule has 28 heavy (non-hydrogen) atoms. The monoisotopic (exact) mass is 415 g/mol. The van der Waals surface area contributed by atoms with Gasteiger partial charge < -0.3 is 14.2 Å². The van der Waals surface area contributed by atoms with Gasteiger partial charge in [-0.25, -0.2) is 0 Å². The van der Waals surface area contributed by atoms with Crippen molar-refractivity contribution in [1.29, 1.82) is 0 Å². The lowest BCUT2D eigenvalue weighted by molar-refractivity contribution is -0.113. The number of thiocarbonyl (C=S) groups is 1. The second-order valence-corrected chi connectivity index (χ2v) is 7.60. The van der Waals surface area contributed by atoms with Gasteiger partial charge in [-0.15, -0.1) is 0 Å². The number of thioether (sulfide) groups is 1. The van der Waals surface area contributed by atoms with E-state index in [9.17, 15) is 4.79 Å². The third kappa shape index (κ3) is 3.59. The largest absolute Gasteiger partial charge is 0.493 e. The lowest BCUT2D eigenvalue weighted by Crippen LogP contribution is -2.28. The van der Waals surface area contributed by atoms with E-state index in [2.05, 4.69) is 6.92 Å². The molecular weight excluding hydrogens is 394 g/mol. The average molecular weight is 416 g/mol. The first-order valence-corrected chi connectivity index (χ1v) is 9.93. The zero-order chi connectivity index (χ0) is 20.3. The van der Waals surface area contributed by atoms with Crippen LogP contribution in [-0.2, 0) is 11.2 Å². The maximum absolute atomic E-state index is 13.1. The number of hydrogen-bond donors (Lipinski definition) is 0. The van der Waals surface area contributed by atoms with Crippen molar-refractivity contribution >= 4 is 46.0 Å². The van der Waals surface area contributed by atoms with Gasteiger partial charge in [-0.05, 0) is 36.3 Å². The van der Waals surface area contributed by atoms with Crippen molar-refractivity contribution in [2.45, 2.75) is 13.3 Å². The maximum Gasteiger partial charge on any atom is 0.270 e. The van der Waals surface area contributed by atoms with Crippen LogP contribution in [0.3, 0.4) is 0 Å². The van der Waals surface area contributed by atoms with Crippen molar-refractivity contribution in [2.75, 3.05) is 26.2 Å². The maximum atomic E-state index is 13.1. The van der Waals surface area contributed by atoms with Gasteiger partial charge in [0.25, 0.3) is 5.91 Å². The number of rotatable bonds is 6. The van der Waals surface area contributed by atoms with Gasteiger partial charge in [0.15, 0.2) is 15.8 Å². The van der Waals surface area contributed by atoms with Gasteiger partial charge in [0.2, 0.25) is 5.75 Å². The highest BCUT2D eigenvalue weighted by atomic mass is 32.2. The molecule has 1 heterocycles. The summed E-state index contributed by atoms with van der Waals surface area (Å²) in [6, 6.07) is 11.4.